The molecule has 1 fully saturated rings. The van der Waals surface area contributed by atoms with Crippen LogP contribution in [0.4, 0.5) is 4.39 Å². The van der Waals surface area contributed by atoms with Crippen LogP contribution in [0.1, 0.15) is 18.4 Å². The predicted octanol–water partition coefficient (Wildman–Crippen LogP) is 2.79. The number of nitrogens with one attached hydrogen (secondary N) is 1. The standard InChI is InChI=1S/C15H22BrFN2O/c1-20-8-7-19(11-13-3-2-6-18-13)10-12-4-5-14(16)15(17)9-12/h4-5,9,13,18H,2-3,6-8,10-11H2,1H3. The summed E-state index contributed by atoms with van der Waals surface area (Å²) in [5.74, 6) is -0.201. The van der Waals surface area contributed by atoms with Crippen molar-refractivity contribution in [1.82, 2.24) is 10.2 Å². The van der Waals surface area contributed by atoms with Crippen LogP contribution < -0.4 is 5.32 Å². The van der Waals surface area contributed by atoms with Crippen LogP contribution in [0, 0.1) is 5.82 Å². The zero-order chi connectivity index (χ0) is 14.4. The Labute approximate surface area is 128 Å². The van der Waals surface area contributed by atoms with E-state index in [0.717, 1.165) is 31.7 Å². The second-order valence-electron chi connectivity index (χ2n) is 5.27. The van der Waals surface area contributed by atoms with Gasteiger partial charge < -0.3 is 10.1 Å². The van der Waals surface area contributed by atoms with Crippen LogP contribution in [-0.2, 0) is 11.3 Å². The molecule has 1 aliphatic rings. The molecular formula is C15H22BrFN2O. The van der Waals surface area contributed by atoms with Crippen LogP contribution in [0.5, 0.6) is 0 Å². The van der Waals surface area contributed by atoms with Gasteiger partial charge in [0.1, 0.15) is 5.82 Å². The number of hydrogen-bond acceptors (Lipinski definition) is 3. The molecule has 0 aromatic heterocycles. The average Bonchev–Trinajstić information content (AvgIpc) is 2.93. The molecule has 0 bridgehead atoms. The number of halogens is 2. The summed E-state index contributed by atoms with van der Waals surface area (Å²) in [6.45, 7) is 4.42. The molecule has 1 N–H and O–H groups in total. The van der Waals surface area contributed by atoms with Crippen LogP contribution in [0.3, 0.4) is 0 Å². The van der Waals surface area contributed by atoms with Gasteiger partial charge in [0.25, 0.3) is 0 Å². The lowest BCUT2D eigenvalue weighted by atomic mass is 10.1. The van der Waals surface area contributed by atoms with Gasteiger partial charge in [-0.15, -0.1) is 0 Å². The van der Waals surface area contributed by atoms with E-state index in [0.29, 0.717) is 17.1 Å². The van der Waals surface area contributed by atoms with Gasteiger partial charge in [0.05, 0.1) is 11.1 Å². The maximum atomic E-state index is 13.6. The van der Waals surface area contributed by atoms with E-state index in [1.165, 1.54) is 12.8 Å². The largest absolute Gasteiger partial charge is 0.383 e. The van der Waals surface area contributed by atoms with Gasteiger partial charge in [-0.25, -0.2) is 4.39 Å². The van der Waals surface area contributed by atoms with Gasteiger partial charge in [-0.05, 0) is 53.0 Å². The van der Waals surface area contributed by atoms with E-state index in [1.54, 1.807) is 19.2 Å². The van der Waals surface area contributed by atoms with Crippen molar-refractivity contribution < 1.29 is 9.13 Å². The Balaban J connectivity index is 1.95. The lowest BCUT2D eigenvalue weighted by Crippen LogP contribution is -2.38. The minimum absolute atomic E-state index is 0.201. The van der Waals surface area contributed by atoms with E-state index >= 15 is 0 Å². The van der Waals surface area contributed by atoms with Crippen LogP contribution in [0.15, 0.2) is 22.7 Å². The van der Waals surface area contributed by atoms with E-state index in [4.69, 9.17) is 4.74 Å². The summed E-state index contributed by atoms with van der Waals surface area (Å²) in [4.78, 5) is 2.33. The summed E-state index contributed by atoms with van der Waals surface area (Å²) >= 11 is 3.19. The van der Waals surface area contributed by atoms with Crippen LogP contribution in [-0.4, -0.2) is 44.3 Å². The molecule has 1 saturated heterocycles. The fraction of sp³-hybridized carbons (Fsp3) is 0.600. The Morgan fingerprint density at radius 3 is 3.00 bits per heavy atom. The van der Waals surface area contributed by atoms with Gasteiger partial charge in [-0.2, -0.15) is 0 Å². The number of nitrogens with zero attached hydrogens (tertiary/aromatic N) is 1. The van der Waals surface area contributed by atoms with Crippen molar-refractivity contribution in [1.29, 1.82) is 0 Å². The molecule has 1 heterocycles. The molecule has 1 aromatic carbocycles. The second-order valence-corrected chi connectivity index (χ2v) is 6.12. The van der Waals surface area contributed by atoms with Crippen molar-refractivity contribution in [3.63, 3.8) is 0 Å². The molecule has 1 aromatic rings. The third kappa shape index (κ3) is 4.81. The molecule has 0 radical (unpaired) electrons. The highest BCUT2D eigenvalue weighted by Crippen LogP contribution is 2.18. The maximum Gasteiger partial charge on any atom is 0.137 e. The van der Waals surface area contributed by atoms with Crippen molar-refractivity contribution in [3.05, 3.63) is 34.1 Å². The molecule has 3 nitrogen and oxygen atoms in total. The SMILES string of the molecule is COCCN(Cc1ccc(Br)c(F)c1)CC1CCCN1. The van der Waals surface area contributed by atoms with Gasteiger partial charge in [0, 0.05) is 32.8 Å². The summed E-state index contributed by atoms with van der Waals surface area (Å²) in [7, 11) is 1.71. The zero-order valence-corrected chi connectivity index (χ0v) is 13.5. The number of benzene rings is 1. The first-order valence-corrected chi connectivity index (χ1v) is 7.87. The summed E-state index contributed by atoms with van der Waals surface area (Å²) in [6, 6.07) is 5.89. The molecule has 2 rings (SSSR count). The molecule has 5 heteroatoms. The fourth-order valence-corrected chi connectivity index (χ4v) is 2.82. The lowest BCUT2D eigenvalue weighted by molar-refractivity contribution is 0.138. The maximum absolute atomic E-state index is 13.6. The van der Waals surface area contributed by atoms with Crippen LogP contribution in [0.2, 0.25) is 0 Å². The fourth-order valence-electron chi connectivity index (χ4n) is 2.58. The number of rotatable bonds is 7. The van der Waals surface area contributed by atoms with E-state index in [1.807, 2.05) is 6.07 Å². The Morgan fingerprint density at radius 2 is 2.35 bits per heavy atom. The quantitative estimate of drug-likeness (QED) is 0.823. The third-order valence-electron chi connectivity index (χ3n) is 3.64. The number of methoxy groups -OCH3 is 1. The Morgan fingerprint density at radius 1 is 1.50 bits per heavy atom. The van der Waals surface area contributed by atoms with Crippen molar-refractivity contribution in [2.45, 2.75) is 25.4 Å². The van der Waals surface area contributed by atoms with Gasteiger partial charge >= 0.3 is 0 Å². The number of ether oxygens (including phenoxy) is 1. The Kier molecular flexibility index (Phi) is 6.42. The predicted molar refractivity (Wildman–Crippen MR) is 82.3 cm³/mol. The summed E-state index contributed by atoms with van der Waals surface area (Å²) < 4.78 is 19.3. The average molecular weight is 345 g/mol. The smallest absolute Gasteiger partial charge is 0.137 e. The molecule has 0 amide bonds. The Hall–Kier alpha value is -0.490. The highest BCUT2D eigenvalue weighted by atomic mass is 79.9. The monoisotopic (exact) mass is 344 g/mol. The van der Waals surface area contributed by atoms with Crippen molar-refractivity contribution in [3.8, 4) is 0 Å². The van der Waals surface area contributed by atoms with E-state index in [9.17, 15) is 4.39 Å². The van der Waals surface area contributed by atoms with E-state index in [-0.39, 0.29) is 5.82 Å². The van der Waals surface area contributed by atoms with Crippen molar-refractivity contribution in [2.75, 3.05) is 33.4 Å². The first-order chi connectivity index (χ1) is 9.69. The first kappa shape index (κ1) is 15.9. The summed E-state index contributed by atoms with van der Waals surface area (Å²) in [5.41, 5.74) is 1.000. The normalized spacial score (nSPS) is 18.9. The highest BCUT2D eigenvalue weighted by molar-refractivity contribution is 9.10. The minimum Gasteiger partial charge on any atom is -0.383 e. The summed E-state index contributed by atoms with van der Waals surface area (Å²) in [6.07, 6.45) is 2.47. The molecular weight excluding hydrogens is 323 g/mol. The van der Waals surface area contributed by atoms with Crippen molar-refractivity contribution >= 4 is 15.9 Å². The molecule has 0 saturated carbocycles. The van der Waals surface area contributed by atoms with E-state index in [2.05, 4.69) is 26.1 Å². The lowest BCUT2D eigenvalue weighted by Gasteiger charge is -2.25. The van der Waals surface area contributed by atoms with Crippen molar-refractivity contribution in [2.24, 2.45) is 0 Å². The van der Waals surface area contributed by atoms with Gasteiger partial charge in [-0.3, -0.25) is 4.90 Å². The molecule has 1 atom stereocenters. The molecule has 112 valence electrons. The highest BCUT2D eigenvalue weighted by Gasteiger charge is 2.18. The Bertz CT molecular complexity index is 424. The van der Waals surface area contributed by atoms with Gasteiger partial charge in [-0.1, -0.05) is 6.07 Å². The molecule has 20 heavy (non-hydrogen) atoms. The van der Waals surface area contributed by atoms with Crippen LogP contribution in [0.25, 0.3) is 0 Å². The number of hydrogen-bond donors (Lipinski definition) is 1. The molecule has 0 spiro atoms. The van der Waals surface area contributed by atoms with E-state index < -0.39 is 0 Å². The van der Waals surface area contributed by atoms with Gasteiger partial charge in [0.2, 0.25) is 0 Å². The minimum atomic E-state index is -0.201. The molecule has 1 aliphatic heterocycles. The molecule has 1 unspecified atom stereocenters. The van der Waals surface area contributed by atoms with Crippen LogP contribution >= 0.6 is 15.9 Å². The second kappa shape index (κ2) is 8.08. The van der Waals surface area contributed by atoms with Gasteiger partial charge in [0.15, 0.2) is 0 Å². The zero-order valence-electron chi connectivity index (χ0n) is 11.9. The summed E-state index contributed by atoms with van der Waals surface area (Å²) in [5, 5.41) is 3.51. The molecule has 0 aliphatic carbocycles. The third-order valence-corrected chi connectivity index (χ3v) is 4.29. The topological polar surface area (TPSA) is 24.5 Å². The first-order valence-electron chi connectivity index (χ1n) is 7.07.